The number of anilines is 2. The van der Waals surface area contributed by atoms with Gasteiger partial charge in [0.1, 0.15) is 5.84 Å². The Hall–Kier alpha value is -3.40. The van der Waals surface area contributed by atoms with E-state index in [0.29, 0.717) is 16.9 Å². The molecule has 0 atom stereocenters. The number of hydrogen-bond donors (Lipinski definition) is 3. The minimum atomic E-state index is -4.01. The fraction of sp³-hybridized carbons (Fsp3) is 0. The Bertz CT molecular complexity index is 946. The number of rotatable bonds is 5. The maximum absolute atomic E-state index is 12.0. The second-order valence-corrected chi connectivity index (χ2v) is 6.52. The lowest BCUT2D eigenvalue weighted by molar-refractivity contribution is -0.384. The molecule has 0 aliphatic carbocycles. The van der Waals surface area contributed by atoms with E-state index < -0.39 is 14.9 Å². The number of benzene rings is 2. The first-order valence-electron chi connectivity index (χ1n) is 6.86. The first kappa shape index (κ1) is 17.9. The van der Waals surface area contributed by atoms with Gasteiger partial charge >= 0.3 is 0 Å². The second kappa shape index (κ2) is 7.01. The summed E-state index contributed by atoms with van der Waals surface area (Å²) in [6.07, 6.45) is 1.25. The Morgan fingerprint density at radius 2 is 1.64 bits per heavy atom. The van der Waals surface area contributed by atoms with Crippen LogP contribution in [-0.4, -0.2) is 19.2 Å². The summed E-state index contributed by atoms with van der Waals surface area (Å²) in [5.41, 5.74) is 18.2. The van der Waals surface area contributed by atoms with Gasteiger partial charge in [0.25, 0.3) is 15.7 Å². The lowest BCUT2D eigenvalue weighted by Crippen LogP contribution is -2.16. The molecule has 0 saturated carbocycles. The van der Waals surface area contributed by atoms with E-state index in [2.05, 4.69) is 4.40 Å². The predicted molar refractivity (Wildman–Crippen MR) is 97.0 cm³/mol. The minimum Gasteiger partial charge on any atom is -0.399 e. The molecular weight excluding hydrogens is 346 g/mol. The first-order chi connectivity index (χ1) is 11.7. The molecule has 0 unspecified atom stereocenters. The number of nitro groups is 1. The average Bonchev–Trinajstić information content (AvgIpc) is 2.52. The predicted octanol–water partition coefficient (Wildman–Crippen LogP) is 1.47. The molecule has 0 aliphatic heterocycles. The fourth-order valence-corrected chi connectivity index (χ4v) is 2.69. The summed E-state index contributed by atoms with van der Waals surface area (Å²) < 4.78 is 27.5. The van der Waals surface area contributed by atoms with Crippen LogP contribution in [-0.2, 0) is 10.0 Å². The summed E-state index contributed by atoms with van der Waals surface area (Å²) in [5.74, 6) is -0.257. The van der Waals surface area contributed by atoms with Crippen LogP contribution in [0.4, 0.5) is 17.1 Å². The molecule has 25 heavy (non-hydrogen) atoms. The van der Waals surface area contributed by atoms with Crippen molar-refractivity contribution in [1.82, 2.24) is 0 Å². The van der Waals surface area contributed by atoms with Crippen LogP contribution in [0.1, 0.15) is 11.1 Å². The summed E-state index contributed by atoms with van der Waals surface area (Å²) in [5, 5.41) is 11.4. The van der Waals surface area contributed by atoms with E-state index >= 15 is 0 Å². The highest BCUT2D eigenvalue weighted by atomic mass is 32.2. The third kappa shape index (κ3) is 5.04. The van der Waals surface area contributed by atoms with Gasteiger partial charge < -0.3 is 17.2 Å². The Morgan fingerprint density at radius 1 is 1.08 bits per heavy atom. The van der Waals surface area contributed by atoms with Gasteiger partial charge in [-0.2, -0.15) is 8.42 Å². The van der Waals surface area contributed by atoms with Crippen LogP contribution in [0, 0.1) is 10.1 Å². The molecule has 130 valence electrons. The molecule has 10 heteroatoms. The lowest BCUT2D eigenvalue weighted by Gasteiger charge is -2.03. The third-order valence-electron chi connectivity index (χ3n) is 3.04. The summed E-state index contributed by atoms with van der Waals surface area (Å²) in [6.45, 7) is 0. The number of non-ortho nitro benzene ring substituents is 1. The smallest absolute Gasteiger partial charge is 0.277 e. The van der Waals surface area contributed by atoms with Crippen molar-refractivity contribution in [3.05, 3.63) is 69.1 Å². The molecule has 2 aromatic rings. The van der Waals surface area contributed by atoms with Crippen molar-refractivity contribution in [2.24, 2.45) is 10.1 Å². The van der Waals surface area contributed by atoms with Gasteiger partial charge in [0.2, 0.25) is 0 Å². The topological polar surface area (TPSA) is 168 Å². The van der Waals surface area contributed by atoms with Crippen LogP contribution in [0.3, 0.4) is 0 Å². The highest BCUT2D eigenvalue weighted by Gasteiger charge is 2.08. The van der Waals surface area contributed by atoms with Crippen LogP contribution in [0.2, 0.25) is 0 Å². The molecule has 9 nitrogen and oxygen atoms in total. The lowest BCUT2D eigenvalue weighted by atomic mass is 10.1. The number of sulfonamides is 1. The summed E-state index contributed by atoms with van der Waals surface area (Å²) in [7, 11) is -4.01. The summed E-state index contributed by atoms with van der Waals surface area (Å²) in [6, 6.07) is 9.75. The molecule has 0 aliphatic rings. The number of nitro benzene ring substituents is 1. The number of hydrogen-bond acceptors (Lipinski definition) is 6. The molecule has 2 aromatic carbocycles. The van der Waals surface area contributed by atoms with E-state index in [4.69, 9.17) is 17.2 Å². The number of nitrogen functional groups attached to an aromatic ring is 2. The van der Waals surface area contributed by atoms with Crippen LogP contribution in [0.25, 0.3) is 6.08 Å². The zero-order valence-electron chi connectivity index (χ0n) is 12.9. The van der Waals surface area contributed by atoms with Crippen molar-refractivity contribution in [3.63, 3.8) is 0 Å². The van der Waals surface area contributed by atoms with E-state index in [1.807, 2.05) is 0 Å². The molecular formula is C15H15N5O4S. The van der Waals surface area contributed by atoms with Gasteiger partial charge in [0, 0.05) is 29.1 Å². The largest absolute Gasteiger partial charge is 0.399 e. The normalized spacial score (nSPS) is 12.4. The van der Waals surface area contributed by atoms with Gasteiger partial charge in [-0.15, -0.1) is 4.40 Å². The fourth-order valence-electron chi connectivity index (χ4n) is 1.92. The van der Waals surface area contributed by atoms with Crippen molar-refractivity contribution < 1.29 is 13.3 Å². The highest BCUT2D eigenvalue weighted by Crippen LogP contribution is 2.15. The maximum atomic E-state index is 12.0. The molecule has 0 amide bonds. The Labute approximate surface area is 143 Å². The summed E-state index contributed by atoms with van der Waals surface area (Å²) in [4.78, 5) is 10.0. The Kier molecular flexibility index (Phi) is 5.03. The molecule has 0 bridgehead atoms. The van der Waals surface area contributed by atoms with Crippen LogP contribution in [0.5, 0.6) is 0 Å². The minimum absolute atomic E-state index is 0.0958. The molecule has 0 radical (unpaired) electrons. The number of nitrogens with two attached hydrogens (primary N) is 3. The Balaban J connectivity index is 2.24. The van der Waals surface area contributed by atoms with Crippen LogP contribution < -0.4 is 17.2 Å². The second-order valence-electron chi connectivity index (χ2n) is 5.03. The van der Waals surface area contributed by atoms with Crippen molar-refractivity contribution in [2.45, 2.75) is 0 Å². The zero-order chi connectivity index (χ0) is 18.6. The average molecular weight is 361 g/mol. The van der Waals surface area contributed by atoms with Crippen LogP contribution in [0.15, 0.2) is 52.3 Å². The van der Waals surface area contributed by atoms with Gasteiger partial charge in [-0.25, -0.2) is 0 Å². The van der Waals surface area contributed by atoms with Crippen molar-refractivity contribution in [2.75, 3.05) is 11.5 Å². The van der Waals surface area contributed by atoms with E-state index in [9.17, 15) is 18.5 Å². The van der Waals surface area contributed by atoms with Crippen molar-refractivity contribution >= 4 is 39.0 Å². The molecule has 0 heterocycles. The highest BCUT2D eigenvalue weighted by molar-refractivity contribution is 7.93. The van der Waals surface area contributed by atoms with Gasteiger partial charge in [-0.3, -0.25) is 10.1 Å². The van der Waals surface area contributed by atoms with E-state index in [1.54, 1.807) is 0 Å². The van der Waals surface area contributed by atoms with Gasteiger partial charge in [-0.1, -0.05) is 0 Å². The first-order valence-corrected chi connectivity index (χ1v) is 8.36. The quantitative estimate of drug-likeness (QED) is 0.238. The standard InChI is InChI=1S/C15H15N5O4S/c16-12-7-11(8-13(17)9-12)15(18)19-25(23,24)6-5-10-1-3-14(4-2-10)20(21)22/h1-9H,16-17H2,(H2,18,19). The Morgan fingerprint density at radius 3 is 2.16 bits per heavy atom. The maximum Gasteiger partial charge on any atom is 0.277 e. The molecule has 0 aromatic heterocycles. The van der Waals surface area contributed by atoms with Crippen molar-refractivity contribution in [3.8, 4) is 0 Å². The molecule has 0 spiro atoms. The molecule has 2 rings (SSSR count). The number of amidine groups is 1. The van der Waals surface area contributed by atoms with Gasteiger partial charge in [-0.05, 0) is 42.0 Å². The van der Waals surface area contributed by atoms with E-state index in [0.717, 1.165) is 5.41 Å². The monoisotopic (exact) mass is 361 g/mol. The van der Waals surface area contributed by atoms with Gasteiger partial charge in [0.05, 0.1) is 10.3 Å². The molecule has 0 fully saturated rings. The molecule has 6 N–H and O–H groups in total. The van der Waals surface area contributed by atoms with E-state index in [1.165, 1.54) is 48.5 Å². The van der Waals surface area contributed by atoms with E-state index in [-0.39, 0.29) is 17.1 Å². The van der Waals surface area contributed by atoms with Gasteiger partial charge in [0.15, 0.2) is 0 Å². The van der Waals surface area contributed by atoms with Crippen molar-refractivity contribution in [1.29, 1.82) is 0 Å². The third-order valence-corrected chi connectivity index (χ3v) is 3.97. The zero-order valence-corrected chi connectivity index (χ0v) is 13.7. The number of nitrogens with zero attached hydrogens (tertiary/aromatic N) is 2. The SMILES string of the molecule is N/C(=N\S(=O)(=O)C=Cc1ccc([N+](=O)[O-])cc1)c1cc(N)cc(N)c1. The summed E-state index contributed by atoms with van der Waals surface area (Å²) >= 11 is 0. The molecule has 0 saturated heterocycles. The van der Waals surface area contributed by atoms with Crippen LogP contribution >= 0.6 is 0 Å².